The van der Waals surface area contributed by atoms with Crippen LogP contribution in [0.15, 0.2) is 36.4 Å². The highest BCUT2D eigenvalue weighted by Crippen LogP contribution is 2.40. The minimum absolute atomic E-state index is 0.112. The first-order valence-electron chi connectivity index (χ1n) is 13.4. The number of aromatic hydroxyl groups is 2. The second-order valence-electron chi connectivity index (χ2n) is 13.9. The van der Waals surface area contributed by atoms with Gasteiger partial charge >= 0.3 is 0 Å². The van der Waals surface area contributed by atoms with Gasteiger partial charge < -0.3 is 15.9 Å². The molecule has 37 heavy (non-hydrogen) atoms. The Balaban J connectivity index is 2.18. The van der Waals surface area contributed by atoms with Crippen molar-refractivity contribution in [2.45, 2.75) is 105 Å². The first kappa shape index (κ1) is 28.6. The smallest absolute Gasteiger partial charge is 0.122 e. The number of nitrogens with two attached hydrogens (primary N) is 1. The van der Waals surface area contributed by atoms with Crippen LogP contribution >= 0.6 is 0 Å². The Morgan fingerprint density at radius 2 is 0.973 bits per heavy atom. The van der Waals surface area contributed by atoms with Crippen LogP contribution in [-0.2, 0) is 29.1 Å². The number of hydrogen-bond acceptors (Lipinski definition) is 3. The van der Waals surface area contributed by atoms with Gasteiger partial charge in [-0.2, -0.15) is 0 Å². The fourth-order valence-corrected chi connectivity index (χ4v) is 5.28. The lowest BCUT2D eigenvalue weighted by Gasteiger charge is -2.28. The van der Waals surface area contributed by atoms with Gasteiger partial charge in [0.05, 0.1) is 0 Å². The number of hydrogen-bond donors (Lipinski definition) is 3. The quantitative estimate of drug-likeness (QED) is 0.315. The topological polar surface area (TPSA) is 66.5 Å². The zero-order chi connectivity index (χ0) is 28.1. The van der Waals surface area contributed by atoms with Crippen molar-refractivity contribution in [2.75, 3.05) is 5.73 Å². The molecule has 3 aromatic carbocycles. The van der Waals surface area contributed by atoms with Crippen LogP contribution in [0.2, 0.25) is 0 Å². The van der Waals surface area contributed by atoms with Crippen LogP contribution in [0.5, 0.6) is 11.5 Å². The maximum absolute atomic E-state index is 11.3. The average Bonchev–Trinajstić information content (AvgIpc) is 2.73. The Morgan fingerprint density at radius 3 is 1.38 bits per heavy atom. The predicted molar refractivity (Wildman–Crippen MR) is 158 cm³/mol. The summed E-state index contributed by atoms with van der Waals surface area (Å²) in [4.78, 5) is 0. The molecule has 0 atom stereocenters. The SMILES string of the molecule is Cc1cc(Cc2ccc(C(C)(C)C)c(Cc3cc(C)cc(C(C)(C)C)c3O)c2N)c(O)c(C(C)(C)C)c1. The molecule has 0 bridgehead atoms. The molecule has 3 nitrogen and oxygen atoms in total. The summed E-state index contributed by atoms with van der Waals surface area (Å²) < 4.78 is 0. The Hall–Kier alpha value is -2.94. The molecule has 0 aliphatic carbocycles. The molecule has 0 saturated carbocycles. The lowest BCUT2D eigenvalue weighted by molar-refractivity contribution is 0.440. The minimum Gasteiger partial charge on any atom is -0.507 e. The summed E-state index contributed by atoms with van der Waals surface area (Å²) in [6.45, 7) is 23.5. The van der Waals surface area contributed by atoms with E-state index in [1.807, 2.05) is 0 Å². The Bertz CT molecular complexity index is 1310. The molecule has 0 fully saturated rings. The highest BCUT2D eigenvalue weighted by Gasteiger charge is 2.26. The molecule has 0 amide bonds. The number of aryl methyl sites for hydroxylation is 2. The van der Waals surface area contributed by atoms with E-state index in [0.717, 1.165) is 50.2 Å². The second kappa shape index (κ2) is 9.74. The standard InChI is InChI=1S/C34H47NO2/c1-20-14-23(30(36)27(16-20)33(6,7)8)18-22-12-13-26(32(3,4)5)25(29(22)35)19-24-15-21(2)17-28(31(24)37)34(9,10)11/h12-17,36-37H,18-19,35H2,1-11H3. The van der Waals surface area contributed by atoms with Crippen molar-refractivity contribution in [3.8, 4) is 11.5 Å². The Kier molecular flexibility index (Phi) is 7.54. The van der Waals surface area contributed by atoms with E-state index in [-0.39, 0.29) is 16.2 Å². The van der Waals surface area contributed by atoms with Gasteiger partial charge in [0, 0.05) is 18.5 Å². The largest absolute Gasteiger partial charge is 0.507 e. The van der Waals surface area contributed by atoms with Crippen molar-refractivity contribution in [1.29, 1.82) is 0 Å². The number of rotatable bonds is 4. The molecule has 3 heteroatoms. The van der Waals surface area contributed by atoms with Gasteiger partial charge in [0.15, 0.2) is 0 Å². The van der Waals surface area contributed by atoms with E-state index < -0.39 is 0 Å². The fraction of sp³-hybridized carbons (Fsp3) is 0.471. The lowest BCUT2D eigenvalue weighted by Crippen LogP contribution is -2.18. The molecule has 0 radical (unpaired) electrons. The number of phenolic OH excluding ortho intramolecular Hbond substituents is 2. The molecule has 0 spiro atoms. The first-order valence-corrected chi connectivity index (χ1v) is 13.4. The highest BCUT2D eigenvalue weighted by atomic mass is 16.3. The monoisotopic (exact) mass is 501 g/mol. The summed E-state index contributed by atoms with van der Waals surface area (Å²) >= 11 is 0. The molecule has 0 saturated heterocycles. The van der Waals surface area contributed by atoms with Gasteiger partial charge in [-0.3, -0.25) is 0 Å². The molecule has 0 aliphatic rings. The molecule has 3 aromatic rings. The predicted octanol–water partition coefficient (Wildman–Crippen LogP) is 8.37. The summed E-state index contributed by atoms with van der Waals surface area (Å²) in [6, 6.07) is 12.6. The molecule has 4 N–H and O–H groups in total. The van der Waals surface area contributed by atoms with Crippen molar-refractivity contribution in [3.05, 3.63) is 86.5 Å². The van der Waals surface area contributed by atoms with E-state index in [1.165, 1.54) is 5.56 Å². The van der Waals surface area contributed by atoms with Crippen molar-refractivity contribution in [3.63, 3.8) is 0 Å². The van der Waals surface area contributed by atoms with Gasteiger partial charge in [0.2, 0.25) is 0 Å². The van der Waals surface area contributed by atoms with Crippen LogP contribution in [-0.4, -0.2) is 10.2 Å². The lowest BCUT2D eigenvalue weighted by atomic mass is 9.78. The second-order valence-corrected chi connectivity index (χ2v) is 13.9. The van der Waals surface area contributed by atoms with Crippen LogP contribution in [0.3, 0.4) is 0 Å². The van der Waals surface area contributed by atoms with Gasteiger partial charge in [-0.15, -0.1) is 0 Å². The molecule has 0 heterocycles. The number of anilines is 1. The number of benzene rings is 3. The third-order valence-electron chi connectivity index (χ3n) is 7.29. The summed E-state index contributed by atoms with van der Waals surface area (Å²) in [5.41, 5.74) is 16.4. The van der Waals surface area contributed by atoms with Crippen molar-refractivity contribution in [2.24, 2.45) is 0 Å². The summed E-state index contributed by atoms with van der Waals surface area (Å²) in [7, 11) is 0. The molecular weight excluding hydrogens is 454 g/mol. The zero-order valence-electron chi connectivity index (χ0n) is 24.9. The minimum atomic E-state index is -0.168. The maximum Gasteiger partial charge on any atom is 0.122 e. The fourth-order valence-electron chi connectivity index (χ4n) is 5.28. The average molecular weight is 502 g/mol. The number of phenols is 2. The first-order chi connectivity index (χ1) is 16.8. The molecule has 3 rings (SSSR count). The van der Waals surface area contributed by atoms with Crippen molar-refractivity contribution in [1.82, 2.24) is 0 Å². The van der Waals surface area contributed by atoms with Crippen LogP contribution in [0.25, 0.3) is 0 Å². The molecular formula is C34H47NO2. The maximum atomic E-state index is 11.3. The van der Waals surface area contributed by atoms with E-state index in [2.05, 4.69) is 113 Å². The van der Waals surface area contributed by atoms with E-state index >= 15 is 0 Å². The summed E-state index contributed by atoms with van der Waals surface area (Å²) in [6.07, 6.45) is 1.10. The molecule has 0 aliphatic heterocycles. The van der Waals surface area contributed by atoms with Crippen LogP contribution in [0, 0.1) is 13.8 Å². The Morgan fingerprint density at radius 1 is 0.568 bits per heavy atom. The molecule has 0 unspecified atom stereocenters. The van der Waals surface area contributed by atoms with Crippen LogP contribution in [0.4, 0.5) is 5.69 Å². The molecule has 0 aromatic heterocycles. The normalized spacial score (nSPS) is 12.7. The van der Waals surface area contributed by atoms with Crippen molar-refractivity contribution < 1.29 is 10.2 Å². The summed E-state index contributed by atoms with van der Waals surface area (Å²) in [5.74, 6) is 0.707. The van der Waals surface area contributed by atoms with E-state index in [1.54, 1.807) is 0 Å². The third kappa shape index (κ3) is 6.14. The van der Waals surface area contributed by atoms with Crippen LogP contribution < -0.4 is 5.73 Å². The summed E-state index contributed by atoms with van der Waals surface area (Å²) in [5, 5.41) is 22.5. The molecule has 200 valence electrons. The zero-order valence-corrected chi connectivity index (χ0v) is 24.9. The van der Waals surface area contributed by atoms with Crippen molar-refractivity contribution >= 4 is 5.69 Å². The van der Waals surface area contributed by atoms with Gasteiger partial charge in [-0.25, -0.2) is 0 Å². The van der Waals surface area contributed by atoms with Gasteiger partial charge in [-0.1, -0.05) is 110 Å². The van der Waals surface area contributed by atoms with Gasteiger partial charge in [0.25, 0.3) is 0 Å². The highest BCUT2D eigenvalue weighted by molar-refractivity contribution is 5.63. The van der Waals surface area contributed by atoms with Crippen LogP contribution in [0.1, 0.15) is 112 Å². The van der Waals surface area contributed by atoms with Gasteiger partial charge in [0.1, 0.15) is 11.5 Å². The van der Waals surface area contributed by atoms with Gasteiger partial charge in [-0.05, 0) is 69.0 Å². The number of nitrogen functional groups attached to an aromatic ring is 1. The van der Waals surface area contributed by atoms with E-state index in [9.17, 15) is 10.2 Å². The Labute approximate surface area is 224 Å². The van der Waals surface area contributed by atoms with E-state index in [0.29, 0.717) is 24.3 Å². The third-order valence-corrected chi connectivity index (χ3v) is 7.29. The van der Waals surface area contributed by atoms with E-state index in [4.69, 9.17) is 5.73 Å².